The lowest BCUT2D eigenvalue weighted by atomic mass is 9.73. The Morgan fingerprint density at radius 3 is 1.21 bits per heavy atom. The van der Waals surface area contributed by atoms with Crippen molar-refractivity contribution in [1.82, 2.24) is 0 Å². The number of thiol groups is 4. The first kappa shape index (κ1) is 24.8. The van der Waals surface area contributed by atoms with Crippen LogP contribution in [0.2, 0.25) is 0 Å². The van der Waals surface area contributed by atoms with Crippen LogP contribution in [0.25, 0.3) is 20.2 Å². The fourth-order valence-corrected chi connectivity index (χ4v) is 8.26. The van der Waals surface area contributed by atoms with Crippen molar-refractivity contribution in [2.24, 2.45) is 0 Å². The van der Waals surface area contributed by atoms with Gasteiger partial charge < -0.3 is 0 Å². The summed E-state index contributed by atoms with van der Waals surface area (Å²) in [6, 6.07) is 4.16. The highest BCUT2D eigenvalue weighted by atomic mass is 32.1. The average Bonchev–Trinajstić information content (AvgIpc) is 3.50. The van der Waals surface area contributed by atoms with E-state index in [2.05, 4.69) is 73.4 Å². The molecular weight excluding hydrogens is 537 g/mol. The van der Waals surface area contributed by atoms with Crippen molar-refractivity contribution in [3.05, 3.63) is 67.4 Å². The minimum absolute atomic E-state index is 0.0256. The number of carbonyl (C=O) groups is 2. The molecule has 0 atom stereocenters. The van der Waals surface area contributed by atoms with Gasteiger partial charge in [0.1, 0.15) is 0 Å². The molecule has 176 valence electrons. The van der Waals surface area contributed by atoms with Crippen LogP contribution in [0, 0.1) is 0 Å². The molecular formula is C26H24O2S6. The first-order valence-electron chi connectivity index (χ1n) is 11.2. The van der Waals surface area contributed by atoms with Crippen molar-refractivity contribution < 1.29 is 9.59 Å². The lowest BCUT2D eigenvalue weighted by molar-refractivity contribution is 0.0977. The SMILES string of the molecule is O=C1c2c(c(CCS)c3sccc3c2CCS)C(=O)c2c1c(CCS)c1sccc1c2CCS. The van der Waals surface area contributed by atoms with Gasteiger partial charge in [-0.25, -0.2) is 0 Å². The molecule has 0 amide bonds. The number of carbonyl (C=O) groups excluding carboxylic acids is 2. The molecule has 8 heteroatoms. The summed E-state index contributed by atoms with van der Waals surface area (Å²) in [5.74, 6) is 2.38. The molecule has 0 aliphatic heterocycles. The molecule has 0 saturated carbocycles. The van der Waals surface area contributed by atoms with E-state index in [-0.39, 0.29) is 11.6 Å². The average molecular weight is 561 g/mol. The number of ketones is 2. The standard InChI is InChI=1S/C26H24O2S6/c27-23-19-13(1-7-29)15-5-11-33-25(15)17(3-9-31)21(19)24(28)20-14(2-8-30)16-6-12-34-26(16)18(4-10-32)22(20)23/h5-6,11-12,29-32H,1-4,7-10H2. The second-order valence-electron chi connectivity index (χ2n) is 8.29. The summed E-state index contributed by atoms with van der Waals surface area (Å²) < 4.78 is 2.19. The summed E-state index contributed by atoms with van der Waals surface area (Å²) in [6.07, 6.45) is 2.57. The zero-order chi connectivity index (χ0) is 24.0. The molecule has 1 aliphatic carbocycles. The second-order valence-corrected chi connectivity index (χ2v) is 11.9. The van der Waals surface area contributed by atoms with Crippen LogP contribution in [-0.4, -0.2) is 34.6 Å². The molecule has 2 heterocycles. The van der Waals surface area contributed by atoms with Gasteiger partial charge >= 0.3 is 0 Å². The Balaban J connectivity index is 1.95. The van der Waals surface area contributed by atoms with E-state index >= 15 is 0 Å². The van der Waals surface area contributed by atoms with Gasteiger partial charge in [-0.3, -0.25) is 9.59 Å². The fraction of sp³-hybridized carbons (Fsp3) is 0.308. The van der Waals surface area contributed by atoms with Crippen LogP contribution in [-0.2, 0) is 25.7 Å². The van der Waals surface area contributed by atoms with E-state index < -0.39 is 0 Å². The monoisotopic (exact) mass is 560 g/mol. The third kappa shape index (κ3) is 3.71. The molecule has 0 saturated heterocycles. The number of benzene rings is 2. The summed E-state index contributed by atoms with van der Waals surface area (Å²) in [6.45, 7) is 0. The Morgan fingerprint density at radius 2 is 0.853 bits per heavy atom. The van der Waals surface area contributed by atoms with Crippen molar-refractivity contribution in [2.75, 3.05) is 23.0 Å². The first-order valence-corrected chi connectivity index (χ1v) is 15.5. The molecule has 2 aromatic carbocycles. The zero-order valence-corrected chi connectivity index (χ0v) is 23.6. The van der Waals surface area contributed by atoms with Crippen LogP contribution in [0.4, 0.5) is 0 Å². The third-order valence-corrected chi connectivity index (χ3v) is 9.43. The molecule has 2 nitrogen and oxygen atoms in total. The Bertz CT molecular complexity index is 1240. The molecule has 0 radical (unpaired) electrons. The van der Waals surface area contributed by atoms with Gasteiger partial charge in [0.05, 0.1) is 0 Å². The van der Waals surface area contributed by atoms with Gasteiger partial charge in [-0.2, -0.15) is 50.5 Å². The zero-order valence-electron chi connectivity index (χ0n) is 18.4. The smallest absolute Gasteiger partial charge is 0.195 e. The summed E-state index contributed by atoms with van der Waals surface area (Å²) >= 11 is 21.3. The normalized spacial score (nSPS) is 13.2. The van der Waals surface area contributed by atoms with Gasteiger partial charge in [0.25, 0.3) is 0 Å². The van der Waals surface area contributed by atoms with Crippen molar-refractivity contribution >= 4 is 105 Å². The van der Waals surface area contributed by atoms with Crippen LogP contribution in [0.15, 0.2) is 22.9 Å². The van der Waals surface area contributed by atoms with Crippen LogP contribution in [0.1, 0.15) is 54.1 Å². The van der Waals surface area contributed by atoms with E-state index in [0.29, 0.717) is 70.9 Å². The lowest BCUT2D eigenvalue weighted by Crippen LogP contribution is -2.28. The van der Waals surface area contributed by atoms with Crippen LogP contribution in [0.5, 0.6) is 0 Å². The molecule has 1 aliphatic rings. The van der Waals surface area contributed by atoms with Crippen LogP contribution in [0.3, 0.4) is 0 Å². The molecule has 2 aromatic heterocycles. The molecule has 4 aromatic rings. The molecule has 0 spiro atoms. The number of fused-ring (bicyclic) bond motifs is 4. The topological polar surface area (TPSA) is 34.1 Å². The number of hydrogen-bond donors (Lipinski definition) is 4. The van der Waals surface area contributed by atoms with Gasteiger partial charge in [-0.1, -0.05) is 0 Å². The minimum Gasteiger partial charge on any atom is -0.289 e. The number of thiophene rings is 2. The fourth-order valence-electron chi connectivity index (χ4n) is 5.36. The van der Waals surface area contributed by atoms with Crippen molar-refractivity contribution in [2.45, 2.75) is 25.7 Å². The van der Waals surface area contributed by atoms with E-state index in [1.54, 1.807) is 22.7 Å². The predicted molar refractivity (Wildman–Crippen MR) is 161 cm³/mol. The highest BCUT2D eigenvalue weighted by molar-refractivity contribution is 7.80. The van der Waals surface area contributed by atoms with E-state index in [1.165, 1.54) is 0 Å². The molecule has 5 rings (SSSR count). The number of rotatable bonds is 8. The quantitative estimate of drug-likeness (QED) is 0.158. The lowest BCUT2D eigenvalue weighted by Gasteiger charge is -2.28. The van der Waals surface area contributed by atoms with Crippen molar-refractivity contribution in [1.29, 1.82) is 0 Å². The van der Waals surface area contributed by atoms with Crippen LogP contribution >= 0.6 is 73.2 Å². The summed E-state index contributed by atoms with van der Waals surface area (Å²) in [7, 11) is 0. The maximum Gasteiger partial charge on any atom is 0.195 e. The third-order valence-electron chi connectivity index (χ3n) is 6.59. The molecule has 0 fully saturated rings. The number of aryl methyl sites for hydroxylation is 4. The molecule has 0 N–H and O–H groups in total. The maximum absolute atomic E-state index is 14.5. The van der Waals surface area contributed by atoms with Crippen molar-refractivity contribution in [3.63, 3.8) is 0 Å². The van der Waals surface area contributed by atoms with Gasteiger partial charge in [-0.15, -0.1) is 22.7 Å². The second kappa shape index (κ2) is 10.2. The Kier molecular flexibility index (Phi) is 7.45. The summed E-state index contributed by atoms with van der Waals surface area (Å²) in [5.41, 5.74) is 6.17. The first-order chi connectivity index (χ1) is 16.6. The Morgan fingerprint density at radius 1 is 0.529 bits per heavy atom. The number of hydrogen-bond acceptors (Lipinski definition) is 8. The Labute approximate surface area is 229 Å². The van der Waals surface area contributed by atoms with E-state index in [4.69, 9.17) is 0 Å². The molecule has 0 bridgehead atoms. The van der Waals surface area contributed by atoms with E-state index in [0.717, 1.165) is 42.4 Å². The molecule has 34 heavy (non-hydrogen) atoms. The molecule has 0 unspecified atom stereocenters. The van der Waals surface area contributed by atoms with E-state index in [1.807, 2.05) is 0 Å². The highest BCUT2D eigenvalue weighted by Gasteiger charge is 2.39. The predicted octanol–water partition coefficient (Wildman–Crippen LogP) is 6.78. The largest absolute Gasteiger partial charge is 0.289 e. The minimum atomic E-state index is -0.0256. The summed E-state index contributed by atoms with van der Waals surface area (Å²) in [4.78, 5) is 28.9. The van der Waals surface area contributed by atoms with Gasteiger partial charge in [0.15, 0.2) is 11.6 Å². The van der Waals surface area contributed by atoms with E-state index in [9.17, 15) is 9.59 Å². The highest BCUT2D eigenvalue weighted by Crippen LogP contribution is 2.45. The Hall–Kier alpha value is -0.900. The van der Waals surface area contributed by atoms with Crippen LogP contribution < -0.4 is 0 Å². The van der Waals surface area contributed by atoms with Gasteiger partial charge in [0.2, 0.25) is 0 Å². The van der Waals surface area contributed by atoms with Crippen molar-refractivity contribution in [3.8, 4) is 0 Å². The van der Waals surface area contributed by atoms with Gasteiger partial charge in [0, 0.05) is 31.7 Å². The summed E-state index contributed by atoms with van der Waals surface area (Å²) in [5, 5.41) is 6.25. The maximum atomic E-state index is 14.5. The van der Waals surface area contributed by atoms with Gasteiger partial charge in [-0.05, 0) is 105 Å².